The highest BCUT2D eigenvalue weighted by molar-refractivity contribution is 4.92. The van der Waals surface area contributed by atoms with Crippen LogP contribution in [0.15, 0.2) is 0 Å². The van der Waals surface area contributed by atoms with Crippen LogP contribution in [0.25, 0.3) is 0 Å². The van der Waals surface area contributed by atoms with Crippen molar-refractivity contribution >= 4 is 0 Å². The van der Waals surface area contributed by atoms with Gasteiger partial charge in [0.2, 0.25) is 0 Å². The van der Waals surface area contributed by atoms with E-state index in [9.17, 15) is 13.2 Å². The Bertz CT molecular complexity index is 425. The molecule has 0 aromatic rings. The van der Waals surface area contributed by atoms with E-state index in [2.05, 4.69) is 23.8 Å². The Hall–Kier alpha value is -0.290. The van der Waals surface area contributed by atoms with E-state index >= 15 is 0 Å². The lowest BCUT2D eigenvalue weighted by Crippen LogP contribution is -2.50. The number of piperidine rings is 1. The first-order chi connectivity index (χ1) is 12.3. The molecule has 2 heterocycles. The Balaban J connectivity index is 1.69. The van der Waals surface area contributed by atoms with Gasteiger partial charge in [-0.2, -0.15) is 13.2 Å². The number of halogens is 3. The molecule has 2 aliphatic heterocycles. The second-order valence-corrected chi connectivity index (χ2v) is 9.33. The van der Waals surface area contributed by atoms with Crippen LogP contribution < -0.4 is 0 Å². The van der Waals surface area contributed by atoms with Gasteiger partial charge in [-0.25, -0.2) is 0 Å². The normalized spacial score (nSPS) is 36.3. The zero-order chi connectivity index (χ0) is 18.7. The molecule has 3 rings (SSSR count). The van der Waals surface area contributed by atoms with E-state index in [1.165, 1.54) is 51.6 Å². The van der Waals surface area contributed by atoms with Crippen molar-refractivity contribution in [1.82, 2.24) is 9.80 Å². The van der Waals surface area contributed by atoms with E-state index in [-0.39, 0.29) is 12.5 Å². The number of hydrogen-bond donors (Lipinski definition) is 0. The molecule has 0 bridgehead atoms. The zero-order valence-corrected chi connectivity index (χ0v) is 16.6. The number of rotatable bonds is 5. The van der Waals surface area contributed by atoms with Crippen LogP contribution in [0.1, 0.15) is 64.7 Å². The van der Waals surface area contributed by atoms with Crippen LogP contribution >= 0.6 is 0 Å². The first-order valence-electron chi connectivity index (χ1n) is 10.8. The standard InChI is InChI=1S/C21H37F3N2/c1-16-5-7-17(8-6-16)19(10-14-26-11-3-4-12-26)20-15-18(21(22,23)24)9-13-25(20)2/h16-20H,3-15H2,1-2H3. The summed E-state index contributed by atoms with van der Waals surface area (Å²) in [5.41, 5.74) is 0. The SMILES string of the molecule is CC1CCC(C(CCN2CCCC2)C2CC(C(F)(F)F)CCN2C)CC1. The summed E-state index contributed by atoms with van der Waals surface area (Å²) in [5, 5.41) is 0. The lowest BCUT2D eigenvalue weighted by molar-refractivity contribution is -0.192. The van der Waals surface area contributed by atoms with Crippen LogP contribution in [-0.4, -0.2) is 55.2 Å². The Morgan fingerprint density at radius 2 is 1.62 bits per heavy atom. The molecular formula is C21H37F3N2. The molecule has 3 aliphatic rings. The molecule has 3 unspecified atom stereocenters. The lowest BCUT2D eigenvalue weighted by Gasteiger charge is -2.46. The van der Waals surface area contributed by atoms with Gasteiger partial charge in [0.15, 0.2) is 0 Å². The smallest absolute Gasteiger partial charge is 0.303 e. The fraction of sp³-hybridized carbons (Fsp3) is 1.00. The van der Waals surface area contributed by atoms with Gasteiger partial charge in [0.25, 0.3) is 0 Å². The van der Waals surface area contributed by atoms with Crippen LogP contribution in [0.4, 0.5) is 13.2 Å². The van der Waals surface area contributed by atoms with Gasteiger partial charge in [-0.15, -0.1) is 0 Å². The molecule has 2 nitrogen and oxygen atoms in total. The average molecular weight is 375 g/mol. The van der Waals surface area contributed by atoms with Crippen molar-refractivity contribution in [3.63, 3.8) is 0 Å². The minimum absolute atomic E-state index is 0.108. The predicted octanol–water partition coefficient (Wildman–Crippen LogP) is 5.19. The van der Waals surface area contributed by atoms with Gasteiger partial charge in [0.05, 0.1) is 5.92 Å². The molecular weight excluding hydrogens is 337 g/mol. The summed E-state index contributed by atoms with van der Waals surface area (Å²) >= 11 is 0. The number of likely N-dealkylation sites (tertiary alicyclic amines) is 2. The van der Waals surface area contributed by atoms with Gasteiger partial charge >= 0.3 is 6.18 Å². The third-order valence-corrected chi connectivity index (χ3v) is 7.52. The second kappa shape index (κ2) is 8.81. The molecule has 2 saturated heterocycles. The van der Waals surface area contributed by atoms with E-state index in [1.807, 2.05) is 0 Å². The van der Waals surface area contributed by atoms with Crippen LogP contribution in [0.2, 0.25) is 0 Å². The van der Waals surface area contributed by atoms with Crippen LogP contribution in [0, 0.1) is 23.7 Å². The highest BCUT2D eigenvalue weighted by atomic mass is 19.4. The van der Waals surface area contributed by atoms with Crippen molar-refractivity contribution in [1.29, 1.82) is 0 Å². The molecule has 3 atom stereocenters. The summed E-state index contributed by atoms with van der Waals surface area (Å²) in [5.74, 6) is 0.740. The molecule has 0 aromatic carbocycles. The highest BCUT2D eigenvalue weighted by Gasteiger charge is 2.46. The maximum Gasteiger partial charge on any atom is 0.391 e. The van der Waals surface area contributed by atoms with Gasteiger partial charge in [0.1, 0.15) is 0 Å². The zero-order valence-electron chi connectivity index (χ0n) is 16.6. The number of nitrogens with zero attached hydrogens (tertiary/aromatic N) is 2. The molecule has 0 N–H and O–H groups in total. The number of alkyl halides is 3. The fourth-order valence-electron chi connectivity index (χ4n) is 5.71. The van der Waals surface area contributed by atoms with Crippen molar-refractivity contribution in [3.05, 3.63) is 0 Å². The Labute approximate surface area is 157 Å². The Morgan fingerprint density at radius 3 is 2.23 bits per heavy atom. The summed E-state index contributed by atoms with van der Waals surface area (Å²) in [6, 6.07) is 0.108. The minimum atomic E-state index is -4.03. The van der Waals surface area contributed by atoms with Crippen molar-refractivity contribution in [2.24, 2.45) is 23.7 Å². The predicted molar refractivity (Wildman–Crippen MR) is 100 cm³/mol. The molecule has 152 valence electrons. The molecule has 0 amide bonds. The quantitative estimate of drug-likeness (QED) is 0.654. The molecule has 26 heavy (non-hydrogen) atoms. The van der Waals surface area contributed by atoms with Crippen molar-refractivity contribution in [2.45, 2.75) is 76.9 Å². The third kappa shape index (κ3) is 5.15. The van der Waals surface area contributed by atoms with Crippen molar-refractivity contribution < 1.29 is 13.2 Å². The van der Waals surface area contributed by atoms with E-state index in [0.29, 0.717) is 24.8 Å². The Kier molecular flexibility index (Phi) is 6.93. The molecule has 5 heteroatoms. The van der Waals surface area contributed by atoms with E-state index in [0.717, 1.165) is 18.9 Å². The molecule has 3 fully saturated rings. The Morgan fingerprint density at radius 1 is 0.962 bits per heavy atom. The van der Waals surface area contributed by atoms with Gasteiger partial charge in [0, 0.05) is 6.04 Å². The van der Waals surface area contributed by atoms with Crippen molar-refractivity contribution in [2.75, 3.05) is 33.2 Å². The van der Waals surface area contributed by atoms with E-state index in [1.54, 1.807) is 0 Å². The van der Waals surface area contributed by atoms with Gasteiger partial charge in [-0.05, 0) is 95.9 Å². The number of hydrogen-bond acceptors (Lipinski definition) is 2. The van der Waals surface area contributed by atoms with Gasteiger partial charge in [-0.3, -0.25) is 0 Å². The van der Waals surface area contributed by atoms with Gasteiger partial charge < -0.3 is 9.80 Å². The van der Waals surface area contributed by atoms with Gasteiger partial charge in [-0.1, -0.05) is 19.8 Å². The van der Waals surface area contributed by atoms with Crippen LogP contribution in [0.3, 0.4) is 0 Å². The average Bonchev–Trinajstić information content (AvgIpc) is 3.10. The third-order valence-electron chi connectivity index (χ3n) is 7.52. The topological polar surface area (TPSA) is 6.48 Å². The molecule has 0 radical (unpaired) electrons. The molecule has 0 spiro atoms. The fourth-order valence-corrected chi connectivity index (χ4v) is 5.71. The first-order valence-corrected chi connectivity index (χ1v) is 10.8. The summed E-state index contributed by atoms with van der Waals surface area (Å²) in [6.45, 7) is 6.36. The summed E-state index contributed by atoms with van der Waals surface area (Å²) in [4.78, 5) is 4.79. The molecule has 1 saturated carbocycles. The van der Waals surface area contributed by atoms with E-state index < -0.39 is 12.1 Å². The molecule has 1 aliphatic carbocycles. The maximum atomic E-state index is 13.4. The summed E-state index contributed by atoms with van der Waals surface area (Å²) in [7, 11) is 2.06. The highest BCUT2D eigenvalue weighted by Crippen LogP contribution is 2.43. The maximum absolute atomic E-state index is 13.4. The van der Waals surface area contributed by atoms with Crippen molar-refractivity contribution in [3.8, 4) is 0 Å². The van der Waals surface area contributed by atoms with E-state index in [4.69, 9.17) is 0 Å². The largest absolute Gasteiger partial charge is 0.391 e. The monoisotopic (exact) mass is 374 g/mol. The molecule has 0 aromatic heterocycles. The summed E-state index contributed by atoms with van der Waals surface area (Å²) < 4.78 is 40.2. The second-order valence-electron chi connectivity index (χ2n) is 9.33. The minimum Gasteiger partial charge on any atom is -0.303 e. The lowest BCUT2D eigenvalue weighted by atomic mass is 9.69. The van der Waals surface area contributed by atoms with Crippen LogP contribution in [-0.2, 0) is 0 Å². The van der Waals surface area contributed by atoms with Crippen LogP contribution in [0.5, 0.6) is 0 Å². The summed E-state index contributed by atoms with van der Waals surface area (Å²) in [6.07, 6.45) is 5.15. The first kappa shape index (κ1) is 20.4.